The molecule has 2 heterocycles. The number of oxazole rings is 1. The first-order valence-corrected chi connectivity index (χ1v) is 17.9. The summed E-state index contributed by atoms with van der Waals surface area (Å²) in [5.74, 6) is -1.81. The van der Waals surface area contributed by atoms with E-state index in [0.717, 1.165) is 16.7 Å². The van der Waals surface area contributed by atoms with Crippen molar-refractivity contribution in [2.24, 2.45) is 5.41 Å². The Labute approximate surface area is 328 Å². The van der Waals surface area contributed by atoms with Gasteiger partial charge < -0.3 is 43.4 Å². The van der Waals surface area contributed by atoms with Crippen LogP contribution in [0.1, 0.15) is 46.8 Å². The lowest BCUT2D eigenvalue weighted by Gasteiger charge is -2.40. The van der Waals surface area contributed by atoms with Crippen molar-refractivity contribution in [3.8, 4) is 0 Å². The standard InChI is InChI=1S/C40H56N4O12/c1-9-33(46)56-35(29(2)21-17-14-15-18-22-31-25-41-27-54-31)39(4,5)37(48)42-24-20-16-12-10-11-13-19-23-32(45)44(50)40(26-53-28-55-40)38(49)43(6)34(30(3)51-7)36(47)52-8/h10-21,23,25,27,30,34-36,47,50H,9,22,24,26,28H2,1-8H3,(H,42,48)/b12-10+,13-11+,17-14-,18-15+,20-16-,23-19+,29-21-. The third-order valence-electron chi connectivity index (χ3n) is 8.74. The molecule has 1 aliphatic heterocycles. The third kappa shape index (κ3) is 13.6. The largest absolute Gasteiger partial charge is 0.457 e. The Hall–Kier alpha value is -4.97. The normalized spacial score (nSPS) is 19.1. The molecule has 16 heteroatoms. The number of allylic oxidation sites excluding steroid dienone is 11. The van der Waals surface area contributed by atoms with E-state index in [1.54, 1.807) is 77.3 Å². The summed E-state index contributed by atoms with van der Waals surface area (Å²) >= 11 is 0. The Bertz CT molecular complexity index is 1610. The molecule has 5 atom stereocenters. The Balaban J connectivity index is 1.96. The summed E-state index contributed by atoms with van der Waals surface area (Å²) in [7, 11) is 4.01. The first-order chi connectivity index (χ1) is 26.7. The van der Waals surface area contributed by atoms with E-state index in [0.29, 0.717) is 12.0 Å². The number of amides is 3. The van der Waals surface area contributed by atoms with Gasteiger partial charge in [-0.05, 0) is 33.3 Å². The highest BCUT2D eigenvalue weighted by molar-refractivity contribution is 5.94. The number of nitrogens with one attached hydrogen (secondary N) is 1. The van der Waals surface area contributed by atoms with Gasteiger partial charge >= 0.3 is 5.97 Å². The zero-order chi connectivity index (χ0) is 41.7. The SMILES string of the molecule is CCC(=O)OC(\C(C)=C/C=C\C=C\Cc1cnco1)C(C)(C)C(=O)NC\C=C/C=C/C=C/C=C/C(=O)N(O)C1(C(=O)N(C)C(C(C)OC)C(O)OC)COCO1. The molecule has 2 rings (SSSR count). The Morgan fingerprint density at radius 3 is 2.30 bits per heavy atom. The summed E-state index contributed by atoms with van der Waals surface area (Å²) in [6.07, 6.45) is 22.4. The van der Waals surface area contributed by atoms with Crippen LogP contribution in [-0.4, -0.2) is 120 Å². The quantitative estimate of drug-likeness (QED) is 0.0385. The fourth-order valence-electron chi connectivity index (χ4n) is 5.40. The van der Waals surface area contributed by atoms with Gasteiger partial charge in [0.15, 0.2) is 19.5 Å². The number of nitrogens with zero attached hydrogens (tertiary/aromatic N) is 3. The summed E-state index contributed by atoms with van der Waals surface area (Å²) in [5.41, 5.74) is -2.59. The van der Waals surface area contributed by atoms with E-state index in [1.165, 1.54) is 39.8 Å². The van der Waals surface area contributed by atoms with Crippen molar-refractivity contribution in [2.45, 2.75) is 77.7 Å². The van der Waals surface area contributed by atoms with E-state index in [2.05, 4.69) is 10.3 Å². The molecule has 0 bridgehead atoms. The summed E-state index contributed by atoms with van der Waals surface area (Å²) in [6.45, 7) is 7.94. The second kappa shape index (κ2) is 23.8. The number of hydrogen-bond acceptors (Lipinski definition) is 13. The van der Waals surface area contributed by atoms with Gasteiger partial charge in [0.25, 0.3) is 17.5 Å². The molecule has 5 unspecified atom stereocenters. The molecule has 3 N–H and O–H groups in total. The molecule has 1 aliphatic rings. The average Bonchev–Trinajstić information content (AvgIpc) is 3.91. The molecule has 1 aromatic rings. The summed E-state index contributed by atoms with van der Waals surface area (Å²) in [5, 5.41) is 24.2. The van der Waals surface area contributed by atoms with Crippen LogP contribution < -0.4 is 5.32 Å². The van der Waals surface area contributed by atoms with Crippen LogP contribution in [0.4, 0.5) is 0 Å². The van der Waals surface area contributed by atoms with Crippen LogP contribution >= 0.6 is 0 Å². The second-order valence-electron chi connectivity index (χ2n) is 13.1. The molecule has 0 radical (unpaired) electrons. The van der Waals surface area contributed by atoms with Gasteiger partial charge in [0, 0.05) is 46.7 Å². The zero-order valence-corrected chi connectivity index (χ0v) is 33.3. The van der Waals surface area contributed by atoms with Crippen molar-refractivity contribution in [2.75, 3.05) is 41.2 Å². The molecule has 3 amide bonds. The van der Waals surface area contributed by atoms with Crippen LogP contribution in [-0.2, 0) is 49.3 Å². The molecule has 0 aliphatic carbocycles. The Morgan fingerprint density at radius 2 is 1.70 bits per heavy atom. The molecule has 16 nitrogen and oxygen atoms in total. The van der Waals surface area contributed by atoms with Crippen molar-refractivity contribution in [1.82, 2.24) is 20.3 Å². The van der Waals surface area contributed by atoms with Gasteiger partial charge in [0.2, 0.25) is 5.91 Å². The van der Waals surface area contributed by atoms with Crippen molar-refractivity contribution in [1.29, 1.82) is 0 Å². The number of likely N-dealkylation sites (N-methyl/N-ethyl adjacent to an activating group) is 1. The third-order valence-corrected chi connectivity index (χ3v) is 8.74. The van der Waals surface area contributed by atoms with Crippen LogP contribution in [0.3, 0.4) is 0 Å². The number of esters is 1. The van der Waals surface area contributed by atoms with Gasteiger partial charge in [-0.1, -0.05) is 79.8 Å². The molecule has 56 heavy (non-hydrogen) atoms. The Kier molecular flexibility index (Phi) is 20.1. The molecule has 0 spiro atoms. The maximum Gasteiger partial charge on any atom is 0.306 e. The highest BCUT2D eigenvalue weighted by Crippen LogP contribution is 2.30. The molecular weight excluding hydrogens is 728 g/mol. The van der Waals surface area contributed by atoms with Gasteiger partial charge in [-0.15, -0.1) is 0 Å². The number of aromatic nitrogens is 1. The van der Waals surface area contributed by atoms with E-state index in [1.807, 2.05) is 24.3 Å². The van der Waals surface area contributed by atoms with E-state index >= 15 is 0 Å². The molecular formula is C40H56N4O12. The van der Waals surface area contributed by atoms with E-state index in [4.69, 9.17) is 28.1 Å². The van der Waals surface area contributed by atoms with Crippen molar-refractivity contribution < 1.29 is 57.6 Å². The fourth-order valence-corrected chi connectivity index (χ4v) is 5.40. The van der Waals surface area contributed by atoms with E-state index in [9.17, 15) is 29.5 Å². The predicted octanol–water partition coefficient (Wildman–Crippen LogP) is 3.71. The van der Waals surface area contributed by atoms with Crippen LogP contribution in [0.2, 0.25) is 0 Å². The van der Waals surface area contributed by atoms with E-state index in [-0.39, 0.29) is 30.7 Å². The minimum atomic E-state index is -2.21. The maximum absolute atomic E-state index is 13.5. The van der Waals surface area contributed by atoms with Gasteiger partial charge in [0.1, 0.15) is 24.5 Å². The highest BCUT2D eigenvalue weighted by Gasteiger charge is 2.54. The number of aliphatic hydroxyl groups excluding tert-OH is 1. The number of rotatable bonds is 22. The van der Waals surface area contributed by atoms with Gasteiger partial charge in [-0.2, -0.15) is 5.06 Å². The monoisotopic (exact) mass is 784 g/mol. The minimum Gasteiger partial charge on any atom is -0.457 e. The summed E-state index contributed by atoms with van der Waals surface area (Å²) in [6, 6.07) is -1.01. The van der Waals surface area contributed by atoms with Crippen molar-refractivity contribution >= 4 is 23.7 Å². The molecule has 1 fully saturated rings. The first-order valence-electron chi connectivity index (χ1n) is 17.9. The number of hydrogen-bond donors (Lipinski definition) is 3. The maximum atomic E-state index is 13.5. The molecule has 308 valence electrons. The number of carbonyl (C=O) groups is 4. The lowest BCUT2D eigenvalue weighted by molar-refractivity contribution is -0.249. The predicted molar refractivity (Wildman–Crippen MR) is 205 cm³/mol. The molecule has 1 aromatic heterocycles. The summed E-state index contributed by atoms with van der Waals surface area (Å²) in [4.78, 5) is 56.9. The molecule has 0 aromatic carbocycles. The lowest BCUT2D eigenvalue weighted by Crippen LogP contribution is -2.65. The van der Waals surface area contributed by atoms with Gasteiger partial charge in [-0.25, -0.2) is 4.98 Å². The van der Waals surface area contributed by atoms with Crippen LogP contribution in [0.25, 0.3) is 0 Å². The smallest absolute Gasteiger partial charge is 0.306 e. The molecule has 1 saturated heterocycles. The number of ether oxygens (including phenoxy) is 5. The number of hydroxylamine groups is 2. The second-order valence-corrected chi connectivity index (χ2v) is 13.1. The Morgan fingerprint density at radius 1 is 1.04 bits per heavy atom. The topological polar surface area (TPSA) is 199 Å². The van der Waals surface area contributed by atoms with Gasteiger partial charge in [-0.3, -0.25) is 24.4 Å². The van der Waals surface area contributed by atoms with Gasteiger partial charge in [0.05, 0.1) is 17.7 Å². The number of methoxy groups -OCH3 is 2. The number of carbonyl (C=O) groups excluding carboxylic acids is 4. The highest BCUT2D eigenvalue weighted by atomic mass is 16.8. The van der Waals surface area contributed by atoms with Crippen molar-refractivity contribution in [3.63, 3.8) is 0 Å². The average molecular weight is 785 g/mol. The minimum absolute atomic E-state index is 0.151. The summed E-state index contributed by atoms with van der Waals surface area (Å²) < 4.78 is 31.8. The molecule has 0 saturated carbocycles. The zero-order valence-electron chi connectivity index (χ0n) is 33.3. The lowest BCUT2D eigenvalue weighted by atomic mass is 9.81. The van der Waals surface area contributed by atoms with Crippen LogP contribution in [0.5, 0.6) is 0 Å². The van der Waals surface area contributed by atoms with Crippen LogP contribution in [0, 0.1) is 5.41 Å². The van der Waals surface area contributed by atoms with Crippen LogP contribution in [0.15, 0.2) is 102 Å². The first kappa shape index (κ1) is 47.2. The fraction of sp³-hybridized carbons (Fsp3) is 0.475. The van der Waals surface area contributed by atoms with E-state index < -0.39 is 60.1 Å². The number of aliphatic hydroxyl groups is 1. The van der Waals surface area contributed by atoms with Crippen molar-refractivity contribution in [3.05, 3.63) is 103 Å².